The van der Waals surface area contributed by atoms with Crippen LogP contribution in [-0.4, -0.2) is 17.2 Å². The van der Waals surface area contributed by atoms with E-state index < -0.39 is 12.2 Å². The molecular formula is C15H17F3N2O. The maximum absolute atomic E-state index is 12.9. The van der Waals surface area contributed by atoms with Gasteiger partial charge in [0.1, 0.15) is 6.04 Å². The minimum Gasteiger partial charge on any atom is -0.374 e. The number of benzene rings is 1. The van der Waals surface area contributed by atoms with Gasteiger partial charge in [-0.3, -0.25) is 4.79 Å². The topological polar surface area (TPSA) is 44.9 Å². The Morgan fingerprint density at radius 3 is 2.62 bits per heavy atom. The van der Waals surface area contributed by atoms with E-state index in [1.165, 1.54) is 6.07 Å². The summed E-state index contributed by atoms with van der Waals surface area (Å²) in [5.74, 6) is 0. The van der Waals surface area contributed by atoms with Crippen molar-refractivity contribution in [2.24, 2.45) is 0 Å². The van der Waals surface area contributed by atoms with Crippen LogP contribution in [0.15, 0.2) is 29.1 Å². The van der Waals surface area contributed by atoms with E-state index in [2.05, 4.69) is 10.3 Å². The van der Waals surface area contributed by atoms with Gasteiger partial charge in [-0.2, -0.15) is 13.2 Å². The molecule has 0 bridgehead atoms. The average molecular weight is 298 g/mol. The molecule has 1 aromatic carbocycles. The van der Waals surface area contributed by atoms with Crippen molar-refractivity contribution in [1.82, 2.24) is 4.98 Å². The van der Waals surface area contributed by atoms with Crippen LogP contribution in [0.1, 0.15) is 25.3 Å². The second kappa shape index (κ2) is 5.79. The van der Waals surface area contributed by atoms with Crippen LogP contribution >= 0.6 is 0 Å². The first-order valence-electron chi connectivity index (χ1n) is 6.78. The van der Waals surface area contributed by atoms with E-state index in [0.717, 1.165) is 10.9 Å². The predicted molar refractivity (Wildman–Crippen MR) is 77.7 cm³/mol. The second-order valence-corrected chi connectivity index (χ2v) is 5.10. The molecule has 1 aromatic heterocycles. The zero-order valence-corrected chi connectivity index (χ0v) is 11.8. The molecule has 0 fully saturated rings. The molecule has 0 spiro atoms. The Kier molecular flexibility index (Phi) is 4.25. The van der Waals surface area contributed by atoms with Crippen LogP contribution in [0.25, 0.3) is 10.9 Å². The number of aromatic amines is 1. The molecule has 3 nitrogen and oxygen atoms in total. The number of hydrogen-bond donors (Lipinski definition) is 2. The number of H-pyrrole nitrogens is 1. The molecule has 2 aromatic rings. The number of anilines is 1. The molecule has 1 heterocycles. The SMILES string of the molecule is CCCC(Nc1ccc2[nH]c(=O)cc(C)c2c1)C(F)(F)F. The van der Waals surface area contributed by atoms with Gasteiger partial charge in [-0.05, 0) is 37.1 Å². The van der Waals surface area contributed by atoms with Crippen LogP contribution in [0, 0.1) is 6.92 Å². The molecule has 0 saturated heterocycles. The summed E-state index contributed by atoms with van der Waals surface area (Å²) in [6.45, 7) is 3.48. The maximum Gasteiger partial charge on any atom is 0.408 e. The summed E-state index contributed by atoms with van der Waals surface area (Å²) in [7, 11) is 0. The molecule has 1 atom stereocenters. The molecule has 0 aliphatic rings. The van der Waals surface area contributed by atoms with Gasteiger partial charge < -0.3 is 10.3 Å². The summed E-state index contributed by atoms with van der Waals surface area (Å²) in [5, 5.41) is 3.27. The lowest BCUT2D eigenvalue weighted by atomic mass is 10.1. The Labute approximate surface area is 120 Å². The lowest BCUT2D eigenvalue weighted by Gasteiger charge is -2.22. The molecule has 114 valence electrons. The normalized spacial score (nSPS) is 13.4. The third kappa shape index (κ3) is 3.56. The number of rotatable bonds is 4. The molecular weight excluding hydrogens is 281 g/mol. The molecule has 0 radical (unpaired) electrons. The first-order chi connectivity index (χ1) is 9.81. The van der Waals surface area contributed by atoms with E-state index in [-0.39, 0.29) is 12.0 Å². The highest BCUT2D eigenvalue weighted by atomic mass is 19.4. The van der Waals surface area contributed by atoms with E-state index in [9.17, 15) is 18.0 Å². The highest BCUT2D eigenvalue weighted by Crippen LogP contribution is 2.28. The van der Waals surface area contributed by atoms with E-state index in [1.54, 1.807) is 32.0 Å². The highest BCUT2D eigenvalue weighted by Gasteiger charge is 2.38. The molecule has 1 unspecified atom stereocenters. The fraction of sp³-hybridized carbons (Fsp3) is 0.400. The Hall–Kier alpha value is -1.98. The van der Waals surface area contributed by atoms with Crippen LogP contribution in [0.3, 0.4) is 0 Å². The third-order valence-corrected chi connectivity index (χ3v) is 3.36. The number of nitrogens with one attached hydrogen (secondary N) is 2. The summed E-state index contributed by atoms with van der Waals surface area (Å²) in [4.78, 5) is 14.0. The maximum atomic E-state index is 12.9. The molecule has 0 aliphatic carbocycles. The smallest absolute Gasteiger partial charge is 0.374 e. The van der Waals surface area contributed by atoms with E-state index >= 15 is 0 Å². The standard InChI is InChI=1S/C15H17F3N2O/c1-3-4-13(15(16,17)18)19-10-5-6-12-11(8-10)9(2)7-14(21)20-12/h5-8,13,19H,3-4H2,1-2H3,(H,20,21). The molecule has 0 aliphatic heterocycles. The monoisotopic (exact) mass is 298 g/mol. The number of fused-ring (bicyclic) bond motifs is 1. The largest absolute Gasteiger partial charge is 0.408 e. The fourth-order valence-corrected chi connectivity index (χ4v) is 2.32. The highest BCUT2D eigenvalue weighted by molar-refractivity contribution is 5.85. The molecule has 0 saturated carbocycles. The number of halogens is 3. The summed E-state index contributed by atoms with van der Waals surface area (Å²) in [5.41, 5.74) is 1.52. The minimum atomic E-state index is -4.29. The minimum absolute atomic E-state index is 0.0200. The van der Waals surface area contributed by atoms with E-state index in [1.807, 2.05) is 0 Å². The van der Waals surface area contributed by atoms with Crippen LogP contribution in [-0.2, 0) is 0 Å². The molecule has 2 rings (SSSR count). The summed E-state index contributed by atoms with van der Waals surface area (Å²) in [6, 6.07) is 4.66. The van der Waals surface area contributed by atoms with Gasteiger partial charge in [-0.1, -0.05) is 13.3 Å². The van der Waals surface area contributed by atoms with Gasteiger partial charge in [0, 0.05) is 22.7 Å². The van der Waals surface area contributed by atoms with Crippen molar-refractivity contribution in [3.8, 4) is 0 Å². The van der Waals surface area contributed by atoms with Gasteiger partial charge in [-0.15, -0.1) is 0 Å². The average Bonchev–Trinajstić information content (AvgIpc) is 2.37. The summed E-state index contributed by atoms with van der Waals surface area (Å²) < 4.78 is 38.8. The van der Waals surface area contributed by atoms with Gasteiger partial charge in [0.25, 0.3) is 0 Å². The predicted octanol–water partition coefficient (Wildman–Crippen LogP) is 3.98. The Morgan fingerprint density at radius 1 is 1.29 bits per heavy atom. The summed E-state index contributed by atoms with van der Waals surface area (Å²) in [6.07, 6.45) is -3.83. The van der Waals surface area contributed by atoms with Crippen molar-refractivity contribution in [2.45, 2.75) is 38.9 Å². The van der Waals surface area contributed by atoms with Gasteiger partial charge >= 0.3 is 6.18 Å². The zero-order chi connectivity index (χ0) is 15.6. The third-order valence-electron chi connectivity index (χ3n) is 3.36. The zero-order valence-electron chi connectivity index (χ0n) is 11.8. The first-order valence-corrected chi connectivity index (χ1v) is 6.78. The lowest BCUT2D eigenvalue weighted by Crippen LogP contribution is -2.36. The number of aromatic nitrogens is 1. The molecule has 2 N–H and O–H groups in total. The van der Waals surface area contributed by atoms with Gasteiger partial charge in [-0.25, -0.2) is 0 Å². The number of hydrogen-bond acceptors (Lipinski definition) is 2. The van der Waals surface area contributed by atoms with Crippen LogP contribution in [0.2, 0.25) is 0 Å². The van der Waals surface area contributed by atoms with Crippen molar-refractivity contribution >= 4 is 16.6 Å². The van der Waals surface area contributed by atoms with Crippen LogP contribution < -0.4 is 10.9 Å². The van der Waals surface area contributed by atoms with Crippen LogP contribution in [0.5, 0.6) is 0 Å². The Morgan fingerprint density at radius 2 is 2.00 bits per heavy atom. The van der Waals surface area contributed by atoms with Crippen LogP contribution in [0.4, 0.5) is 18.9 Å². The van der Waals surface area contributed by atoms with Gasteiger partial charge in [0.2, 0.25) is 5.56 Å². The molecule has 21 heavy (non-hydrogen) atoms. The van der Waals surface area contributed by atoms with Crippen molar-refractivity contribution in [3.05, 3.63) is 40.2 Å². The van der Waals surface area contributed by atoms with Crippen molar-refractivity contribution in [3.63, 3.8) is 0 Å². The van der Waals surface area contributed by atoms with Crippen molar-refractivity contribution in [1.29, 1.82) is 0 Å². The van der Waals surface area contributed by atoms with Crippen molar-refractivity contribution < 1.29 is 13.2 Å². The van der Waals surface area contributed by atoms with E-state index in [4.69, 9.17) is 0 Å². The van der Waals surface area contributed by atoms with Gasteiger partial charge in [0.15, 0.2) is 0 Å². The molecule has 0 amide bonds. The Balaban J connectivity index is 2.36. The quantitative estimate of drug-likeness (QED) is 0.896. The first kappa shape index (κ1) is 15.4. The number of pyridine rings is 1. The second-order valence-electron chi connectivity index (χ2n) is 5.10. The van der Waals surface area contributed by atoms with Crippen molar-refractivity contribution in [2.75, 3.05) is 5.32 Å². The van der Waals surface area contributed by atoms with Gasteiger partial charge in [0.05, 0.1) is 0 Å². The van der Waals surface area contributed by atoms with E-state index in [0.29, 0.717) is 17.6 Å². The number of alkyl halides is 3. The summed E-state index contributed by atoms with van der Waals surface area (Å²) >= 11 is 0. The fourth-order valence-electron chi connectivity index (χ4n) is 2.32. The Bertz CT molecular complexity index is 691. The lowest BCUT2D eigenvalue weighted by molar-refractivity contribution is -0.143. The molecule has 6 heteroatoms. The number of aryl methyl sites for hydroxylation is 1.